The third-order valence-electron chi connectivity index (χ3n) is 4.60. The summed E-state index contributed by atoms with van der Waals surface area (Å²) in [4.78, 5) is 20.1. The number of nitrogen functional groups attached to an aromatic ring is 1. The topological polar surface area (TPSA) is 90.1 Å². The summed E-state index contributed by atoms with van der Waals surface area (Å²) in [6.45, 7) is 6.20. The van der Waals surface area contributed by atoms with Gasteiger partial charge in [0.2, 0.25) is 0 Å². The van der Waals surface area contributed by atoms with E-state index in [9.17, 15) is 13.6 Å². The number of rotatable bonds is 13. The Morgan fingerprint density at radius 2 is 1.73 bits per heavy atom. The van der Waals surface area contributed by atoms with Gasteiger partial charge in [0.25, 0.3) is 6.43 Å². The van der Waals surface area contributed by atoms with Crippen LogP contribution in [0.3, 0.4) is 0 Å². The van der Waals surface area contributed by atoms with Gasteiger partial charge in [0.05, 0.1) is 12.2 Å². The first kappa shape index (κ1) is 25.6. The molecule has 0 unspecified atom stereocenters. The Balaban J connectivity index is 2.56. The van der Waals surface area contributed by atoms with E-state index in [0.29, 0.717) is 17.5 Å². The second-order valence-corrected chi connectivity index (χ2v) is 8.57. The number of nitrogens with one attached hydrogen (secondary N) is 1. The highest BCUT2D eigenvalue weighted by Crippen LogP contribution is 2.23. The summed E-state index contributed by atoms with van der Waals surface area (Å²) < 4.78 is 29.6. The van der Waals surface area contributed by atoms with Crippen LogP contribution in [-0.4, -0.2) is 28.9 Å². The predicted octanol–water partition coefficient (Wildman–Crippen LogP) is 5.19. The fourth-order valence-electron chi connectivity index (χ4n) is 3.06. The van der Waals surface area contributed by atoms with Crippen molar-refractivity contribution in [3.05, 3.63) is 11.4 Å². The van der Waals surface area contributed by atoms with Crippen molar-refractivity contribution in [3.8, 4) is 12.5 Å². The Kier molecular flexibility index (Phi) is 11.1. The minimum absolute atomic E-state index is 0.159. The van der Waals surface area contributed by atoms with Crippen LogP contribution in [-0.2, 0) is 11.2 Å². The molecule has 0 aliphatic heterocycles. The lowest BCUT2D eigenvalue weighted by molar-refractivity contribution is 0.0685. The normalized spacial score (nSPS) is 11.4. The molecule has 0 saturated heterocycles. The van der Waals surface area contributed by atoms with Gasteiger partial charge in [0.15, 0.2) is 11.5 Å². The van der Waals surface area contributed by atoms with E-state index >= 15 is 0 Å². The Labute approximate surface area is 178 Å². The molecule has 0 fully saturated rings. The molecular formula is C22H34F2N4O2. The van der Waals surface area contributed by atoms with Crippen molar-refractivity contribution in [3.63, 3.8) is 0 Å². The zero-order chi connectivity index (χ0) is 22.6. The minimum atomic E-state index is -2.55. The number of unbranched alkanes of at least 4 members (excludes halogenated alkanes) is 6. The molecule has 0 aliphatic carbocycles. The van der Waals surface area contributed by atoms with Crippen LogP contribution < -0.4 is 11.1 Å². The van der Waals surface area contributed by atoms with Crippen molar-refractivity contribution >= 4 is 17.6 Å². The summed E-state index contributed by atoms with van der Waals surface area (Å²) in [5, 5.41) is 2.54. The standard InChI is InChI=1S/C22H34F2N4O2/c1-5-30-21(29)18-19(25)28-20(26-15-17(23)24)16(27-18)13-11-9-7-6-8-10-12-14-22(2,3)4/h1,17H,6-15H2,2-4H3,(H3,25,26,28). The van der Waals surface area contributed by atoms with Crippen LogP contribution >= 0.6 is 0 Å². The highest BCUT2D eigenvalue weighted by molar-refractivity contribution is 5.92. The largest absolute Gasteiger partial charge is 0.382 e. The first-order valence-corrected chi connectivity index (χ1v) is 10.5. The van der Waals surface area contributed by atoms with Gasteiger partial charge in [0.1, 0.15) is 11.9 Å². The SMILES string of the molecule is C#COC(=O)c1nc(CCCCCCCCCC(C)(C)C)c(NCC(F)F)nc1N. The number of nitrogens with zero attached hydrogens (tertiary/aromatic N) is 2. The van der Waals surface area contributed by atoms with Gasteiger partial charge >= 0.3 is 5.97 Å². The number of ether oxygens (including phenoxy) is 1. The molecule has 0 aromatic carbocycles. The molecule has 0 spiro atoms. The molecule has 1 rings (SSSR count). The summed E-state index contributed by atoms with van der Waals surface area (Å²) in [6.07, 6.45) is 13.6. The molecule has 0 bridgehead atoms. The molecule has 0 aliphatic rings. The Morgan fingerprint density at radius 1 is 1.13 bits per heavy atom. The van der Waals surface area contributed by atoms with Crippen LogP contribution in [0.4, 0.5) is 20.4 Å². The lowest BCUT2D eigenvalue weighted by atomic mass is 9.89. The molecule has 3 N–H and O–H groups in total. The third-order valence-corrected chi connectivity index (χ3v) is 4.60. The molecule has 0 atom stereocenters. The quantitative estimate of drug-likeness (QED) is 0.257. The van der Waals surface area contributed by atoms with E-state index in [0.717, 1.165) is 25.7 Å². The van der Waals surface area contributed by atoms with Crippen molar-refractivity contribution < 1.29 is 18.3 Å². The summed E-state index contributed by atoms with van der Waals surface area (Å²) in [7, 11) is 0. The van der Waals surface area contributed by atoms with Gasteiger partial charge in [-0.25, -0.2) is 23.5 Å². The number of aryl methyl sites for hydroxylation is 1. The van der Waals surface area contributed by atoms with Crippen LogP contribution in [0.25, 0.3) is 0 Å². The molecule has 1 aromatic heterocycles. The Morgan fingerprint density at radius 3 is 2.30 bits per heavy atom. The lowest BCUT2D eigenvalue weighted by Gasteiger charge is -2.17. The van der Waals surface area contributed by atoms with Gasteiger partial charge in [-0.05, 0) is 24.7 Å². The average molecular weight is 425 g/mol. The number of nitrogens with two attached hydrogens (primary N) is 1. The van der Waals surface area contributed by atoms with Crippen molar-refractivity contribution in [1.29, 1.82) is 0 Å². The molecule has 8 heteroatoms. The molecule has 6 nitrogen and oxygen atoms in total. The van der Waals surface area contributed by atoms with Gasteiger partial charge in [-0.15, -0.1) is 0 Å². The Hall–Kier alpha value is -2.43. The van der Waals surface area contributed by atoms with Crippen molar-refractivity contribution in [2.75, 3.05) is 17.6 Å². The summed E-state index contributed by atoms with van der Waals surface area (Å²) in [5.74, 6) is -0.947. The minimum Gasteiger partial charge on any atom is -0.382 e. The van der Waals surface area contributed by atoms with E-state index in [1.807, 2.05) is 0 Å². The van der Waals surface area contributed by atoms with Crippen LogP contribution in [0.5, 0.6) is 0 Å². The van der Waals surface area contributed by atoms with Gasteiger partial charge in [-0.2, -0.15) is 0 Å². The van der Waals surface area contributed by atoms with Crippen LogP contribution in [0.2, 0.25) is 0 Å². The number of alkyl halides is 2. The maximum Gasteiger partial charge on any atom is 0.374 e. The molecule has 0 amide bonds. The molecule has 0 radical (unpaired) electrons. The number of aromatic nitrogens is 2. The maximum absolute atomic E-state index is 12.6. The molecule has 1 heterocycles. The number of halogens is 2. The second-order valence-electron chi connectivity index (χ2n) is 8.57. The molecule has 1 aromatic rings. The van der Waals surface area contributed by atoms with Gasteiger partial charge in [-0.1, -0.05) is 65.7 Å². The molecule has 0 saturated carbocycles. The van der Waals surface area contributed by atoms with Crippen LogP contribution in [0.1, 0.15) is 88.3 Å². The second kappa shape index (κ2) is 13.0. The number of esters is 1. The van der Waals surface area contributed by atoms with E-state index in [1.54, 1.807) is 6.11 Å². The zero-order valence-electron chi connectivity index (χ0n) is 18.3. The summed E-state index contributed by atoms with van der Waals surface area (Å²) in [5.41, 5.74) is 6.31. The van der Waals surface area contributed by atoms with E-state index < -0.39 is 18.9 Å². The molecular weight excluding hydrogens is 390 g/mol. The lowest BCUT2D eigenvalue weighted by Crippen LogP contribution is -2.18. The van der Waals surface area contributed by atoms with Crippen LogP contribution in [0.15, 0.2) is 0 Å². The van der Waals surface area contributed by atoms with E-state index in [2.05, 4.69) is 40.8 Å². The first-order chi connectivity index (χ1) is 14.1. The Bertz CT molecular complexity index is 712. The first-order valence-electron chi connectivity index (χ1n) is 10.5. The highest BCUT2D eigenvalue weighted by atomic mass is 19.3. The fraction of sp³-hybridized carbons (Fsp3) is 0.682. The van der Waals surface area contributed by atoms with Crippen molar-refractivity contribution in [1.82, 2.24) is 9.97 Å². The van der Waals surface area contributed by atoms with E-state index in [4.69, 9.17) is 12.2 Å². The van der Waals surface area contributed by atoms with Crippen molar-refractivity contribution in [2.45, 2.75) is 85.0 Å². The van der Waals surface area contributed by atoms with E-state index in [1.165, 1.54) is 25.7 Å². The number of hydrogen-bond acceptors (Lipinski definition) is 6. The number of hydrogen-bond donors (Lipinski definition) is 2. The van der Waals surface area contributed by atoms with Gasteiger partial charge in [-0.3, -0.25) is 0 Å². The molecule has 30 heavy (non-hydrogen) atoms. The monoisotopic (exact) mass is 424 g/mol. The highest BCUT2D eigenvalue weighted by Gasteiger charge is 2.19. The summed E-state index contributed by atoms with van der Waals surface area (Å²) in [6, 6.07) is 0. The molecule has 168 valence electrons. The number of carbonyl (C=O) groups is 1. The average Bonchev–Trinajstić information content (AvgIpc) is 2.65. The number of terminal acetylenes is 1. The van der Waals surface area contributed by atoms with Gasteiger partial charge in [0, 0.05) is 0 Å². The van der Waals surface area contributed by atoms with E-state index in [-0.39, 0.29) is 17.3 Å². The number of carbonyl (C=O) groups excluding carboxylic acids is 1. The smallest absolute Gasteiger partial charge is 0.374 e. The maximum atomic E-state index is 12.6. The van der Waals surface area contributed by atoms with Crippen molar-refractivity contribution in [2.24, 2.45) is 5.41 Å². The predicted molar refractivity (Wildman–Crippen MR) is 115 cm³/mol. The summed E-state index contributed by atoms with van der Waals surface area (Å²) >= 11 is 0. The number of anilines is 2. The third kappa shape index (κ3) is 10.4. The van der Waals surface area contributed by atoms with Crippen LogP contribution in [0, 0.1) is 17.9 Å². The van der Waals surface area contributed by atoms with Gasteiger partial charge < -0.3 is 15.8 Å². The fourth-order valence-corrected chi connectivity index (χ4v) is 3.06. The zero-order valence-corrected chi connectivity index (χ0v) is 18.3.